The van der Waals surface area contributed by atoms with Gasteiger partial charge >= 0.3 is 11.9 Å². The Bertz CT molecular complexity index is 660. The summed E-state index contributed by atoms with van der Waals surface area (Å²) in [5, 5.41) is 30.7. The first-order valence-electron chi connectivity index (χ1n) is 7.91. The summed E-state index contributed by atoms with van der Waals surface area (Å²) in [6.07, 6.45) is -6.61. The normalized spacial score (nSPS) is 28.3. The number of hydrogen-bond acceptors (Lipinski definition) is 9. The largest absolute Gasteiger partial charge is 0.504 e. The second-order valence-electron chi connectivity index (χ2n) is 5.86. The second-order valence-corrected chi connectivity index (χ2v) is 5.86. The van der Waals surface area contributed by atoms with Gasteiger partial charge in [0, 0.05) is 6.92 Å². The van der Waals surface area contributed by atoms with Crippen LogP contribution >= 0.6 is 0 Å². The lowest BCUT2D eigenvalue weighted by Gasteiger charge is -2.42. The van der Waals surface area contributed by atoms with Gasteiger partial charge in [-0.1, -0.05) is 6.07 Å². The van der Waals surface area contributed by atoms with Crippen LogP contribution in [0.25, 0.3) is 0 Å². The van der Waals surface area contributed by atoms with Crippen molar-refractivity contribution >= 4 is 11.9 Å². The molecule has 1 aromatic carbocycles. The van der Waals surface area contributed by atoms with Gasteiger partial charge in [-0.3, -0.25) is 9.59 Å². The van der Waals surface area contributed by atoms with Crippen LogP contribution < -0.4 is 4.74 Å². The molecule has 0 unspecified atom stereocenters. The zero-order chi connectivity index (χ0) is 19.4. The number of carbonyl (C=O) groups is 2. The molecule has 1 heterocycles. The summed E-state index contributed by atoms with van der Waals surface area (Å²) in [5.41, 5.74) is 0.353. The second kappa shape index (κ2) is 8.35. The first-order valence-corrected chi connectivity index (χ1v) is 7.91. The number of ether oxygens (including phenoxy) is 4. The van der Waals surface area contributed by atoms with Crippen LogP contribution in [0.3, 0.4) is 0 Å². The van der Waals surface area contributed by atoms with E-state index in [9.17, 15) is 24.9 Å². The number of rotatable bonds is 5. The van der Waals surface area contributed by atoms with E-state index in [-0.39, 0.29) is 17.9 Å². The molecular weight excluding hydrogens is 348 g/mol. The number of hydrogen-bond donors (Lipinski definition) is 3. The predicted octanol–water partition coefficient (Wildman–Crippen LogP) is 0.0573. The quantitative estimate of drug-likeness (QED) is 0.615. The van der Waals surface area contributed by atoms with E-state index in [0.29, 0.717) is 5.56 Å². The molecule has 9 nitrogen and oxygen atoms in total. The number of aromatic hydroxyl groups is 1. The smallest absolute Gasteiger partial charge is 0.308 e. The minimum atomic E-state index is -1.50. The summed E-state index contributed by atoms with van der Waals surface area (Å²) in [6, 6.07) is 4.34. The number of phenols is 1. The summed E-state index contributed by atoms with van der Waals surface area (Å²) >= 11 is 0. The fourth-order valence-electron chi connectivity index (χ4n) is 2.85. The first kappa shape index (κ1) is 20.0. The van der Waals surface area contributed by atoms with Crippen molar-refractivity contribution in [1.82, 2.24) is 0 Å². The molecule has 0 spiro atoms. The molecule has 5 atom stereocenters. The van der Waals surface area contributed by atoms with Gasteiger partial charge in [-0.05, 0) is 17.7 Å². The maximum absolute atomic E-state index is 11.6. The van der Waals surface area contributed by atoms with Gasteiger partial charge < -0.3 is 34.3 Å². The average Bonchev–Trinajstić information content (AvgIpc) is 2.60. The maximum atomic E-state index is 11.6. The number of methoxy groups -OCH3 is 2. The molecule has 0 amide bonds. The van der Waals surface area contributed by atoms with Crippen molar-refractivity contribution in [3.05, 3.63) is 23.8 Å². The van der Waals surface area contributed by atoms with E-state index in [0.717, 1.165) is 6.92 Å². The zero-order valence-electron chi connectivity index (χ0n) is 14.6. The van der Waals surface area contributed by atoms with Gasteiger partial charge in [-0.25, -0.2) is 0 Å². The molecule has 1 aliphatic heterocycles. The van der Waals surface area contributed by atoms with E-state index in [1.807, 2.05) is 0 Å². The third-order valence-corrected chi connectivity index (χ3v) is 4.11. The van der Waals surface area contributed by atoms with Crippen LogP contribution in [0.2, 0.25) is 0 Å². The fourth-order valence-corrected chi connectivity index (χ4v) is 2.85. The van der Waals surface area contributed by atoms with Crippen molar-refractivity contribution in [3.63, 3.8) is 0 Å². The third kappa shape index (κ3) is 4.24. The number of phenolic OH excluding ortho intramolecular Hbond substituents is 1. The number of aliphatic hydroxyl groups excluding tert-OH is 2. The van der Waals surface area contributed by atoms with Gasteiger partial charge in [0.15, 0.2) is 17.6 Å². The van der Waals surface area contributed by atoms with Crippen LogP contribution in [0.5, 0.6) is 11.5 Å². The Kier molecular flexibility index (Phi) is 6.41. The van der Waals surface area contributed by atoms with Gasteiger partial charge in [0.05, 0.1) is 20.6 Å². The SMILES string of the molecule is COC(=O)C[C@H]1O[C@H](c2ccc(OC)c(O)c2)[C@@H](O)[C@@H](O)[C@@H]1OC(C)=O. The van der Waals surface area contributed by atoms with E-state index in [1.165, 1.54) is 26.4 Å². The molecule has 2 rings (SSSR count). The summed E-state index contributed by atoms with van der Waals surface area (Å²) in [5.74, 6) is -1.28. The Labute approximate surface area is 150 Å². The van der Waals surface area contributed by atoms with Crippen LogP contribution in [0.1, 0.15) is 25.0 Å². The molecular formula is C17H22O9. The van der Waals surface area contributed by atoms with Crippen molar-refractivity contribution in [3.8, 4) is 11.5 Å². The third-order valence-electron chi connectivity index (χ3n) is 4.11. The number of carbonyl (C=O) groups excluding carboxylic acids is 2. The van der Waals surface area contributed by atoms with Crippen molar-refractivity contribution in [2.45, 2.75) is 43.9 Å². The first-order chi connectivity index (χ1) is 12.3. The molecule has 1 saturated heterocycles. The van der Waals surface area contributed by atoms with E-state index in [4.69, 9.17) is 14.2 Å². The standard InChI is InChI=1S/C17H22O9/c1-8(18)25-17-12(7-13(20)24-3)26-16(14(21)15(17)22)9-4-5-11(23-2)10(19)6-9/h4-6,12,14-17,19,21-22H,7H2,1-3H3/t12-,14+,15-,16-,17-/m1/s1. The van der Waals surface area contributed by atoms with Gasteiger partial charge in [-0.15, -0.1) is 0 Å². The van der Waals surface area contributed by atoms with Gasteiger partial charge in [0.1, 0.15) is 24.4 Å². The topological polar surface area (TPSA) is 132 Å². The lowest BCUT2D eigenvalue weighted by Crippen LogP contribution is -2.56. The van der Waals surface area contributed by atoms with Crippen molar-refractivity contribution in [2.75, 3.05) is 14.2 Å². The maximum Gasteiger partial charge on any atom is 0.308 e. The van der Waals surface area contributed by atoms with Crippen LogP contribution in [-0.4, -0.2) is 65.9 Å². The average molecular weight is 370 g/mol. The number of benzene rings is 1. The molecule has 0 radical (unpaired) electrons. The molecule has 1 aromatic rings. The summed E-state index contributed by atoms with van der Waals surface area (Å²) in [4.78, 5) is 22.9. The van der Waals surface area contributed by atoms with Crippen LogP contribution in [0.15, 0.2) is 18.2 Å². The molecule has 3 N–H and O–H groups in total. The lowest BCUT2D eigenvalue weighted by atomic mass is 9.89. The summed E-state index contributed by atoms with van der Waals surface area (Å²) in [6.45, 7) is 1.14. The van der Waals surface area contributed by atoms with Gasteiger partial charge in [0.2, 0.25) is 0 Å². The Morgan fingerprint density at radius 1 is 1.19 bits per heavy atom. The zero-order valence-corrected chi connectivity index (χ0v) is 14.6. The molecule has 0 aromatic heterocycles. The van der Waals surface area contributed by atoms with Gasteiger partial charge in [-0.2, -0.15) is 0 Å². The van der Waals surface area contributed by atoms with Crippen LogP contribution in [0.4, 0.5) is 0 Å². The monoisotopic (exact) mass is 370 g/mol. The molecule has 0 bridgehead atoms. The highest BCUT2D eigenvalue weighted by atomic mass is 16.6. The molecule has 1 fully saturated rings. The molecule has 1 aliphatic rings. The highest BCUT2D eigenvalue weighted by molar-refractivity contribution is 5.70. The van der Waals surface area contributed by atoms with Crippen LogP contribution in [-0.2, 0) is 23.8 Å². The number of esters is 2. The number of aliphatic hydroxyl groups is 2. The minimum Gasteiger partial charge on any atom is -0.504 e. The van der Waals surface area contributed by atoms with E-state index in [2.05, 4.69) is 4.74 Å². The Hall–Kier alpha value is -2.36. The molecule has 9 heteroatoms. The minimum absolute atomic E-state index is 0.179. The van der Waals surface area contributed by atoms with Gasteiger partial charge in [0.25, 0.3) is 0 Å². The Morgan fingerprint density at radius 3 is 2.42 bits per heavy atom. The molecule has 0 aliphatic carbocycles. The predicted molar refractivity (Wildman–Crippen MR) is 86.5 cm³/mol. The summed E-state index contributed by atoms with van der Waals surface area (Å²) < 4.78 is 20.3. The summed E-state index contributed by atoms with van der Waals surface area (Å²) in [7, 11) is 2.58. The van der Waals surface area contributed by atoms with E-state index >= 15 is 0 Å². The van der Waals surface area contributed by atoms with Crippen LogP contribution in [0, 0.1) is 0 Å². The van der Waals surface area contributed by atoms with Crippen molar-refractivity contribution < 1.29 is 43.9 Å². The molecule has 144 valence electrons. The van der Waals surface area contributed by atoms with Crippen molar-refractivity contribution in [1.29, 1.82) is 0 Å². The fraction of sp³-hybridized carbons (Fsp3) is 0.529. The molecule has 26 heavy (non-hydrogen) atoms. The molecule has 0 saturated carbocycles. The Balaban J connectivity index is 2.32. The van der Waals surface area contributed by atoms with E-state index in [1.54, 1.807) is 6.07 Å². The highest BCUT2D eigenvalue weighted by Crippen LogP contribution is 2.38. The lowest BCUT2D eigenvalue weighted by molar-refractivity contribution is -0.236. The van der Waals surface area contributed by atoms with E-state index < -0.39 is 42.5 Å². The van der Waals surface area contributed by atoms with Crippen molar-refractivity contribution in [2.24, 2.45) is 0 Å². The highest BCUT2D eigenvalue weighted by Gasteiger charge is 2.47. The Morgan fingerprint density at radius 2 is 1.88 bits per heavy atom.